The molecule has 1 N–H and O–H groups in total. The van der Waals surface area contributed by atoms with Gasteiger partial charge in [-0.05, 0) is 0 Å². The lowest BCUT2D eigenvalue weighted by molar-refractivity contribution is -0.184. The Morgan fingerprint density at radius 3 is 2.38 bits per heavy atom. The van der Waals surface area contributed by atoms with E-state index < -0.39 is 5.97 Å². The molecule has 0 aromatic carbocycles. The lowest BCUT2D eigenvalue weighted by atomic mass is 10.0. The second-order valence-corrected chi connectivity index (χ2v) is 4.29. The first-order valence-corrected chi connectivity index (χ1v) is 5.53. The number of piperidine rings is 1. The number of aliphatic carboxylic acids is 1. The zero-order valence-electron chi connectivity index (χ0n) is 9.28. The Bertz CT molecular complexity index is 286. The van der Waals surface area contributed by atoms with Gasteiger partial charge in [0.1, 0.15) is 0 Å². The van der Waals surface area contributed by atoms with Crippen LogP contribution in [0.1, 0.15) is 12.8 Å². The van der Waals surface area contributed by atoms with Gasteiger partial charge in [-0.2, -0.15) is 0 Å². The zero-order chi connectivity index (χ0) is 11.6. The third-order valence-corrected chi connectivity index (χ3v) is 3.15. The smallest absolute Gasteiger partial charge is 0.332 e. The van der Waals surface area contributed by atoms with E-state index in [0.717, 1.165) is 25.9 Å². The fraction of sp³-hybridized carbons (Fsp3) is 0.727. The van der Waals surface area contributed by atoms with E-state index in [1.165, 1.54) is 0 Å². The van der Waals surface area contributed by atoms with E-state index in [9.17, 15) is 4.79 Å². The van der Waals surface area contributed by atoms with Crippen LogP contribution in [0.4, 0.5) is 0 Å². The van der Waals surface area contributed by atoms with Gasteiger partial charge in [-0.25, -0.2) is 4.79 Å². The summed E-state index contributed by atoms with van der Waals surface area (Å²) in [5.74, 6) is -1.31. The highest BCUT2D eigenvalue weighted by Gasteiger charge is 2.39. The van der Waals surface area contributed by atoms with Crippen LogP contribution in [0.25, 0.3) is 0 Å². The van der Waals surface area contributed by atoms with Gasteiger partial charge in [-0.1, -0.05) is 6.58 Å². The summed E-state index contributed by atoms with van der Waals surface area (Å²) in [6, 6.07) is 0. The second kappa shape index (κ2) is 4.53. The molecule has 2 aliphatic rings. The van der Waals surface area contributed by atoms with E-state index in [-0.39, 0.29) is 11.4 Å². The van der Waals surface area contributed by atoms with E-state index >= 15 is 0 Å². The second-order valence-electron chi connectivity index (χ2n) is 4.29. The summed E-state index contributed by atoms with van der Waals surface area (Å²) in [4.78, 5) is 12.7. The number of nitrogens with zero attached hydrogens (tertiary/aromatic N) is 1. The van der Waals surface area contributed by atoms with E-state index in [4.69, 9.17) is 14.6 Å². The Morgan fingerprint density at radius 2 is 1.88 bits per heavy atom. The van der Waals surface area contributed by atoms with Crippen molar-refractivity contribution in [1.82, 2.24) is 4.90 Å². The number of carboxylic acid groups (broad SMARTS) is 1. The molecule has 0 amide bonds. The lowest BCUT2D eigenvalue weighted by Gasteiger charge is -2.37. The molecule has 2 saturated heterocycles. The van der Waals surface area contributed by atoms with Crippen molar-refractivity contribution in [3.05, 3.63) is 12.2 Å². The number of rotatable bonds is 3. The predicted molar refractivity (Wildman–Crippen MR) is 57.1 cm³/mol. The molecule has 0 aliphatic carbocycles. The van der Waals surface area contributed by atoms with Crippen LogP contribution >= 0.6 is 0 Å². The molecule has 0 atom stereocenters. The number of hydrogen-bond donors (Lipinski definition) is 1. The summed E-state index contributed by atoms with van der Waals surface area (Å²) >= 11 is 0. The lowest BCUT2D eigenvalue weighted by Crippen LogP contribution is -2.45. The number of hydrogen-bond acceptors (Lipinski definition) is 4. The van der Waals surface area contributed by atoms with Crippen molar-refractivity contribution in [3.63, 3.8) is 0 Å². The Balaban J connectivity index is 1.81. The van der Waals surface area contributed by atoms with Crippen LogP contribution < -0.4 is 0 Å². The summed E-state index contributed by atoms with van der Waals surface area (Å²) in [5.41, 5.74) is 0.240. The summed E-state index contributed by atoms with van der Waals surface area (Å²) < 4.78 is 11.2. The first kappa shape index (κ1) is 11.6. The van der Waals surface area contributed by atoms with Crippen LogP contribution in [-0.2, 0) is 14.3 Å². The van der Waals surface area contributed by atoms with Crippen LogP contribution in [0.15, 0.2) is 12.2 Å². The van der Waals surface area contributed by atoms with Crippen LogP contribution in [0.2, 0.25) is 0 Å². The molecule has 0 unspecified atom stereocenters. The van der Waals surface area contributed by atoms with Gasteiger partial charge in [0.25, 0.3) is 0 Å². The number of ether oxygens (including phenoxy) is 2. The van der Waals surface area contributed by atoms with E-state index in [2.05, 4.69) is 11.5 Å². The molecule has 5 heteroatoms. The molecule has 0 aromatic heterocycles. The minimum atomic E-state index is -0.923. The van der Waals surface area contributed by atoms with Gasteiger partial charge in [-0.15, -0.1) is 0 Å². The highest BCUT2D eigenvalue weighted by atomic mass is 16.7. The normalized spacial score (nSPS) is 24.8. The van der Waals surface area contributed by atoms with E-state index in [0.29, 0.717) is 19.8 Å². The average Bonchev–Trinajstić information content (AvgIpc) is 2.70. The van der Waals surface area contributed by atoms with Crippen molar-refractivity contribution in [3.8, 4) is 0 Å². The number of carbonyl (C=O) groups is 1. The molecule has 5 nitrogen and oxygen atoms in total. The van der Waals surface area contributed by atoms with E-state index in [1.807, 2.05) is 0 Å². The van der Waals surface area contributed by atoms with Gasteiger partial charge < -0.3 is 14.6 Å². The average molecular weight is 227 g/mol. The molecule has 0 bridgehead atoms. The van der Waals surface area contributed by atoms with Gasteiger partial charge in [0, 0.05) is 38.0 Å². The van der Waals surface area contributed by atoms with Gasteiger partial charge in [0.15, 0.2) is 5.79 Å². The van der Waals surface area contributed by atoms with Gasteiger partial charge >= 0.3 is 5.97 Å². The highest BCUT2D eigenvalue weighted by Crippen LogP contribution is 2.31. The summed E-state index contributed by atoms with van der Waals surface area (Å²) in [6.07, 6.45) is 1.61. The third kappa shape index (κ3) is 2.42. The SMILES string of the molecule is C=C(CN1CCC2(CC1)OCCO2)C(=O)O. The van der Waals surface area contributed by atoms with Crippen molar-refractivity contribution < 1.29 is 19.4 Å². The Labute approximate surface area is 94.6 Å². The maximum atomic E-state index is 10.6. The van der Waals surface area contributed by atoms with Gasteiger partial charge in [0.2, 0.25) is 0 Å². The molecule has 0 radical (unpaired) electrons. The van der Waals surface area contributed by atoms with Crippen LogP contribution in [0.3, 0.4) is 0 Å². The monoisotopic (exact) mass is 227 g/mol. The number of likely N-dealkylation sites (tertiary alicyclic amines) is 1. The zero-order valence-corrected chi connectivity index (χ0v) is 9.28. The van der Waals surface area contributed by atoms with Crippen molar-refractivity contribution in [2.75, 3.05) is 32.8 Å². The Hall–Kier alpha value is -0.910. The minimum Gasteiger partial charge on any atom is -0.478 e. The maximum absolute atomic E-state index is 10.6. The largest absolute Gasteiger partial charge is 0.478 e. The predicted octanol–water partition coefficient (Wildman–Crippen LogP) is 0.466. The fourth-order valence-electron chi connectivity index (χ4n) is 2.18. The third-order valence-electron chi connectivity index (χ3n) is 3.15. The first-order chi connectivity index (χ1) is 7.61. The highest BCUT2D eigenvalue weighted by molar-refractivity contribution is 5.86. The first-order valence-electron chi connectivity index (χ1n) is 5.53. The Morgan fingerprint density at radius 1 is 1.31 bits per heavy atom. The van der Waals surface area contributed by atoms with E-state index in [1.54, 1.807) is 0 Å². The molecule has 0 saturated carbocycles. The topological polar surface area (TPSA) is 59.0 Å². The molecule has 2 fully saturated rings. The van der Waals surface area contributed by atoms with Gasteiger partial charge in [0.05, 0.1) is 13.2 Å². The standard InChI is InChI=1S/C11H17NO4/c1-9(10(13)14)8-12-4-2-11(3-5-12)15-6-7-16-11/h1-8H2,(H,13,14). The van der Waals surface area contributed by atoms with Crippen LogP contribution in [0.5, 0.6) is 0 Å². The van der Waals surface area contributed by atoms with Crippen molar-refractivity contribution in [2.24, 2.45) is 0 Å². The van der Waals surface area contributed by atoms with Crippen molar-refractivity contribution in [1.29, 1.82) is 0 Å². The quantitative estimate of drug-likeness (QED) is 0.710. The summed E-state index contributed by atoms with van der Waals surface area (Å²) in [6.45, 7) is 6.89. The molecule has 1 spiro atoms. The van der Waals surface area contributed by atoms with Gasteiger partial charge in [-0.3, -0.25) is 4.90 Å². The molecule has 2 rings (SSSR count). The molecule has 16 heavy (non-hydrogen) atoms. The maximum Gasteiger partial charge on any atom is 0.332 e. The Kier molecular flexibility index (Phi) is 3.28. The molecule has 0 aromatic rings. The van der Waals surface area contributed by atoms with Crippen molar-refractivity contribution in [2.45, 2.75) is 18.6 Å². The molecule has 2 aliphatic heterocycles. The van der Waals surface area contributed by atoms with Crippen LogP contribution in [0, 0.1) is 0 Å². The summed E-state index contributed by atoms with van der Waals surface area (Å²) in [5, 5.41) is 8.74. The number of carboxylic acids is 1. The summed E-state index contributed by atoms with van der Waals surface area (Å²) in [7, 11) is 0. The molecular weight excluding hydrogens is 210 g/mol. The fourth-order valence-corrected chi connectivity index (χ4v) is 2.18. The molecular formula is C11H17NO4. The van der Waals surface area contributed by atoms with Crippen molar-refractivity contribution >= 4 is 5.97 Å². The molecule has 90 valence electrons. The molecule has 2 heterocycles. The minimum absolute atomic E-state index is 0.240. The van der Waals surface area contributed by atoms with Crippen LogP contribution in [-0.4, -0.2) is 54.6 Å².